The van der Waals surface area contributed by atoms with Crippen LogP contribution >= 0.6 is 0 Å². The lowest BCUT2D eigenvalue weighted by Gasteiger charge is -2.29. The van der Waals surface area contributed by atoms with Gasteiger partial charge in [0.2, 0.25) is 5.91 Å². The topological polar surface area (TPSA) is 83.9 Å². The molecule has 6 heteroatoms. The van der Waals surface area contributed by atoms with E-state index in [-0.39, 0.29) is 25.5 Å². The van der Waals surface area contributed by atoms with Crippen LogP contribution in [0, 0.1) is 5.41 Å². The number of carboxylic acids is 1. The lowest BCUT2D eigenvalue weighted by atomic mass is 9.77. The summed E-state index contributed by atoms with van der Waals surface area (Å²) in [6, 6.07) is 0. The first-order valence-corrected chi connectivity index (χ1v) is 7.54. The molecule has 0 saturated heterocycles. The van der Waals surface area contributed by atoms with Crippen LogP contribution in [0.4, 0.5) is 0 Å². The first-order valence-electron chi connectivity index (χ1n) is 7.54. The molecule has 1 aliphatic rings. The smallest absolute Gasteiger partial charge is 0.325 e. The Hall–Kier alpha value is -1.59. The molecular weight excluding hydrogens is 274 g/mol. The van der Waals surface area contributed by atoms with Gasteiger partial charge in [-0.15, -0.1) is 0 Å². The Bertz CT molecular complexity index is 386. The molecule has 1 rings (SSSR count). The molecule has 0 aromatic carbocycles. The molecule has 0 aliphatic heterocycles. The number of carbonyl (C=O) groups excluding carboxylic acids is 2. The summed E-state index contributed by atoms with van der Waals surface area (Å²) in [5.41, 5.74) is -0.976. The van der Waals surface area contributed by atoms with Gasteiger partial charge in [-0.05, 0) is 19.8 Å². The Balaban J connectivity index is 2.67. The number of likely N-dealkylation sites (N-methyl/N-ethyl adjacent to an activating group) is 1. The van der Waals surface area contributed by atoms with Gasteiger partial charge in [0.25, 0.3) is 0 Å². The van der Waals surface area contributed by atoms with Crippen molar-refractivity contribution in [2.24, 2.45) is 5.41 Å². The maximum Gasteiger partial charge on any atom is 0.325 e. The van der Waals surface area contributed by atoms with Gasteiger partial charge in [0.05, 0.1) is 12.0 Å². The minimum Gasteiger partial charge on any atom is -0.481 e. The van der Waals surface area contributed by atoms with Crippen molar-refractivity contribution in [3.63, 3.8) is 0 Å². The van der Waals surface area contributed by atoms with Crippen molar-refractivity contribution in [3.05, 3.63) is 0 Å². The third kappa shape index (κ3) is 5.02. The van der Waals surface area contributed by atoms with E-state index >= 15 is 0 Å². The molecule has 1 N–H and O–H groups in total. The monoisotopic (exact) mass is 299 g/mol. The number of nitrogens with zero attached hydrogens (tertiary/aromatic N) is 1. The van der Waals surface area contributed by atoms with Crippen molar-refractivity contribution >= 4 is 17.8 Å². The first-order chi connectivity index (χ1) is 9.91. The van der Waals surface area contributed by atoms with E-state index < -0.39 is 17.4 Å². The largest absolute Gasteiger partial charge is 0.481 e. The fourth-order valence-corrected chi connectivity index (χ4v) is 2.78. The van der Waals surface area contributed by atoms with Crippen molar-refractivity contribution in [3.8, 4) is 0 Å². The fraction of sp³-hybridized carbons (Fsp3) is 0.800. The van der Waals surface area contributed by atoms with Crippen LogP contribution in [0.1, 0.15) is 51.9 Å². The highest BCUT2D eigenvalue weighted by atomic mass is 16.5. The third-order valence-electron chi connectivity index (χ3n) is 4.10. The quantitative estimate of drug-likeness (QED) is 0.597. The molecule has 0 radical (unpaired) electrons. The summed E-state index contributed by atoms with van der Waals surface area (Å²) in [5, 5.41) is 9.55. The normalized spacial score (nSPS) is 17.6. The highest BCUT2D eigenvalue weighted by Gasteiger charge is 2.41. The predicted octanol–water partition coefficient (Wildman–Crippen LogP) is 1.82. The van der Waals surface area contributed by atoms with Crippen LogP contribution in [-0.2, 0) is 19.1 Å². The Kier molecular flexibility index (Phi) is 6.65. The van der Waals surface area contributed by atoms with Crippen molar-refractivity contribution in [1.29, 1.82) is 0 Å². The fourth-order valence-electron chi connectivity index (χ4n) is 2.78. The van der Waals surface area contributed by atoms with Gasteiger partial charge in [0.1, 0.15) is 6.54 Å². The van der Waals surface area contributed by atoms with Gasteiger partial charge in [-0.3, -0.25) is 14.4 Å². The standard InChI is InChI=1S/C15H25NO5/c1-3-21-13(18)11-16(2)12(17)10-15(14(19)20)8-6-4-5-7-9-15/h3-11H2,1-2H3,(H,19,20). The van der Waals surface area contributed by atoms with Crippen LogP contribution in [0.5, 0.6) is 0 Å². The molecule has 1 fully saturated rings. The van der Waals surface area contributed by atoms with Crippen LogP contribution in [0.3, 0.4) is 0 Å². The summed E-state index contributed by atoms with van der Waals surface area (Å²) >= 11 is 0. The average Bonchev–Trinajstić information content (AvgIpc) is 2.65. The lowest BCUT2D eigenvalue weighted by Crippen LogP contribution is -2.40. The SMILES string of the molecule is CCOC(=O)CN(C)C(=O)CC1(C(=O)O)CCCCCC1. The maximum absolute atomic E-state index is 12.2. The second kappa shape index (κ2) is 8.00. The van der Waals surface area contributed by atoms with Gasteiger partial charge >= 0.3 is 11.9 Å². The van der Waals surface area contributed by atoms with E-state index in [0.29, 0.717) is 12.8 Å². The van der Waals surface area contributed by atoms with E-state index in [1.807, 2.05) is 0 Å². The molecule has 120 valence electrons. The van der Waals surface area contributed by atoms with E-state index in [2.05, 4.69) is 0 Å². The molecule has 0 unspecified atom stereocenters. The lowest BCUT2D eigenvalue weighted by molar-refractivity contribution is -0.155. The van der Waals surface area contributed by atoms with E-state index in [9.17, 15) is 19.5 Å². The highest BCUT2D eigenvalue weighted by Crippen LogP contribution is 2.38. The summed E-state index contributed by atoms with van der Waals surface area (Å²) in [5.74, 6) is -1.69. The van der Waals surface area contributed by atoms with Gasteiger partial charge in [0, 0.05) is 13.5 Å². The maximum atomic E-state index is 12.2. The van der Waals surface area contributed by atoms with E-state index in [1.165, 1.54) is 11.9 Å². The van der Waals surface area contributed by atoms with Crippen LogP contribution in [0.2, 0.25) is 0 Å². The van der Waals surface area contributed by atoms with Crippen LogP contribution in [0.25, 0.3) is 0 Å². The molecule has 1 saturated carbocycles. The summed E-state index contributed by atoms with van der Waals surface area (Å²) in [4.78, 5) is 36.5. The number of rotatable bonds is 6. The molecule has 0 bridgehead atoms. The number of esters is 1. The summed E-state index contributed by atoms with van der Waals surface area (Å²) in [7, 11) is 1.51. The van der Waals surface area contributed by atoms with Crippen molar-refractivity contribution in [2.45, 2.75) is 51.9 Å². The van der Waals surface area contributed by atoms with Gasteiger partial charge in [-0.2, -0.15) is 0 Å². The molecule has 1 aliphatic carbocycles. The Labute approximate surface area is 125 Å². The molecule has 1 amide bonds. The number of amides is 1. The molecule has 0 atom stereocenters. The molecule has 21 heavy (non-hydrogen) atoms. The average molecular weight is 299 g/mol. The zero-order chi connectivity index (χ0) is 15.9. The van der Waals surface area contributed by atoms with E-state index in [0.717, 1.165) is 25.7 Å². The Morgan fingerprint density at radius 1 is 1.14 bits per heavy atom. The number of hydrogen-bond acceptors (Lipinski definition) is 4. The second-order valence-corrected chi connectivity index (χ2v) is 5.73. The number of aliphatic carboxylic acids is 1. The van der Waals surface area contributed by atoms with Crippen LogP contribution in [-0.4, -0.2) is 48.1 Å². The summed E-state index contributed by atoms with van der Waals surface area (Å²) < 4.78 is 4.80. The predicted molar refractivity (Wildman–Crippen MR) is 76.7 cm³/mol. The minimum absolute atomic E-state index is 0.0434. The Morgan fingerprint density at radius 3 is 2.19 bits per heavy atom. The molecule has 0 aromatic heterocycles. The number of carboxylic acid groups (broad SMARTS) is 1. The number of ether oxygens (including phenoxy) is 1. The van der Waals surface area contributed by atoms with Gasteiger partial charge < -0.3 is 14.7 Å². The summed E-state index contributed by atoms with van der Waals surface area (Å²) in [6.45, 7) is 1.83. The van der Waals surface area contributed by atoms with Crippen molar-refractivity contribution < 1.29 is 24.2 Å². The number of carbonyl (C=O) groups is 3. The van der Waals surface area contributed by atoms with Crippen molar-refractivity contribution in [1.82, 2.24) is 4.90 Å². The molecule has 0 spiro atoms. The van der Waals surface area contributed by atoms with Crippen molar-refractivity contribution in [2.75, 3.05) is 20.2 Å². The summed E-state index contributed by atoms with van der Waals surface area (Å²) in [6.07, 6.45) is 4.72. The zero-order valence-electron chi connectivity index (χ0n) is 12.9. The van der Waals surface area contributed by atoms with Gasteiger partial charge in [-0.25, -0.2) is 0 Å². The zero-order valence-corrected chi connectivity index (χ0v) is 12.9. The van der Waals surface area contributed by atoms with Gasteiger partial charge in [-0.1, -0.05) is 25.7 Å². The second-order valence-electron chi connectivity index (χ2n) is 5.73. The first kappa shape index (κ1) is 17.5. The third-order valence-corrected chi connectivity index (χ3v) is 4.10. The minimum atomic E-state index is -0.976. The van der Waals surface area contributed by atoms with Crippen LogP contribution < -0.4 is 0 Å². The molecular formula is C15H25NO5. The molecule has 6 nitrogen and oxygen atoms in total. The molecule has 0 aromatic rings. The van der Waals surface area contributed by atoms with E-state index in [4.69, 9.17) is 4.74 Å². The number of hydrogen-bond donors (Lipinski definition) is 1. The van der Waals surface area contributed by atoms with Gasteiger partial charge in [0.15, 0.2) is 0 Å². The Morgan fingerprint density at radius 2 is 1.71 bits per heavy atom. The molecule has 0 heterocycles. The van der Waals surface area contributed by atoms with E-state index in [1.54, 1.807) is 6.92 Å². The highest BCUT2D eigenvalue weighted by molar-refractivity contribution is 5.87. The van der Waals surface area contributed by atoms with Crippen LogP contribution in [0.15, 0.2) is 0 Å².